The van der Waals surface area contributed by atoms with Crippen molar-refractivity contribution in [2.45, 2.75) is 20.3 Å². The molecule has 2 aromatic carbocycles. The van der Waals surface area contributed by atoms with Crippen LogP contribution >= 0.6 is 15.9 Å². The van der Waals surface area contributed by atoms with Crippen molar-refractivity contribution in [2.75, 3.05) is 6.54 Å². The van der Waals surface area contributed by atoms with Crippen molar-refractivity contribution in [1.29, 1.82) is 0 Å². The molecule has 0 saturated carbocycles. The van der Waals surface area contributed by atoms with Gasteiger partial charge >= 0.3 is 5.97 Å². The van der Waals surface area contributed by atoms with Crippen LogP contribution in [0.1, 0.15) is 27.0 Å². The van der Waals surface area contributed by atoms with E-state index in [-0.39, 0.29) is 12.5 Å². The molecular weight excluding hydrogens is 370 g/mol. The highest BCUT2D eigenvalue weighted by Gasteiger charge is 2.20. The van der Waals surface area contributed by atoms with E-state index >= 15 is 0 Å². The number of aryl methyl sites for hydroxylation is 2. The maximum Gasteiger partial charge on any atom is 0.308 e. The van der Waals surface area contributed by atoms with Gasteiger partial charge in [0.05, 0.1) is 11.5 Å². The monoisotopic (exact) mass is 389 g/mol. The first-order valence-corrected chi connectivity index (χ1v) is 8.49. The highest BCUT2D eigenvalue weighted by Crippen LogP contribution is 2.18. The highest BCUT2D eigenvalue weighted by atomic mass is 79.9. The Bertz CT molecular complexity index is 758. The fraction of sp³-hybridized carbons (Fsp3) is 0.263. The van der Waals surface area contributed by atoms with E-state index in [0.717, 1.165) is 16.7 Å². The molecule has 126 valence electrons. The molecule has 0 aliphatic rings. The van der Waals surface area contributed by atoms with Gasteiger partial charge in [-0.2, -0.15) is 0 Å². The minimum atomic E-state index is -0.917. The molecule has 0 saturated heterocycles. The average Bonchev–Trinajstić information content (AvgIpc) is 2.51. The van der Waals surface area contributed by atoms with E-state index in [2.05, 4.69) is 21.2 Å². The van der Waals surface area contributed by atoms with E-state index in [1.165, 1.54) is 0 Å². The molecule has 5 heteroatoms. The van der Waals surface area contributed by atoms with Gasteiger partial charge in [0.25, 0.3) is 5.91 Å². The number of hydrogen-bond acceptors (Lipinski definition) is 2. The smallest absolute Gasteiger partial charge is 0.308 e. The van der Waals surface area contributed by atoms with Crippen LogP contribution in [0.2, 0.25) is 0 Å². The Balaban J connectivity index is 2.03. The molecule has 2 aromatic rings. The second-order valence-electron chi connectivity index (χ2n) is 5.92. The van der Waals surface area contributed by atoms with Gasteiger partial charge in [0.2, 0.25) is 0 Å². The lowest BCUT2D eigenvalue weighted by molar-refractivity contribution is -0.141. The number of halogens is 1. The van der Waals surface area contributed by atoms with Gasteiger partial charge in [0.15, 0.2) is 0 Å². The Hall–Kier alpha value is -2.14. The average molecular weight is 390 g/mol. The van der Waals surface area contributed by atoms with Gasteiger partial charge < -0.3 is 10.4 Å². The number of nitrogens with one attached hydrogen (secondary N) is 1. The van der Waals surface area contributed by atoms with Crippen molar-refractivity contribution in [3.63, 3.8) is 0 Å². The lowest BCUT2D eigenvalue weighted by Crippen LogP contribution is -2.34. The molecule has 0 bridgehead atoms. The number of carbonyl (C=O) groups is 2. The molecule has 1 atom stereocenters. The fourth-order valence-corrected chi connectivity index (χ4v) is 3.16. The summed E-state index contributed by atoms with van der Waals surface area (Å²) in [7, 11) is 0. The Morgan fingerprint density at radius 1 is 1.12 bits per heavy atom. The molecule has 0 aliphatic heterocycles. The molecule has 0 heterocycles. The van der Waals surface area contributed by atoms with Gasteiger partial charge in [0, 0.05) is 11.0 Å². The minimum Gasteiger partial charge on any atom is -0.481 e. The standard InChI is InChI=1S/C19H20BrNO3/c1-12-4-3-5-14(8-12)10-15(19(23)24)11-21-18(22)16-7-6-13(2)9-17(16)20/h3-9,15H,10-11H2,1-2H3,(H,21,22)(H,23,24). The molecule has 2 N–H and O–H groups in total. The quantitative estimate of drug-likeness (QED) is 0.790. The summed E-state index contributed by atoms with van der Waals surface area (Å²) in [5, 5.41) is 12.1. The van der Waals surface area contributed by atoms with E-state index in [4.69, 9.17) is 0 Å². The number of hydrogen-bond donors (Lipinski definition) is 2. The number of carboxylic acids is 1. The zero-order chi connectivity index (χ0) is 17.7. The van der Waals surface area contributed by atoms with Crippen molar-refractivity contribution in [3.05, 3.63) is 69.2 Å². The number of carbonyl (C=O) groups excluding carboxylic acids is 1. The topological polar surface area (TPSA) is 66.4 Å². The maximum absolute atomic E-state index is 12.3. The van der Waals surface area contributed by atoms with Crippen LogP contribution in [0.5, 0.6) is 0 Å². The first-order valence-electron chi connectivity index (χ1n) is 7.69. The Morgan fingerprint density at radius 3 is 2.46 bits per heavy atom. The molecule has 0 aliphatic carbocycles. The largest absolute Gasteiger partial charge is 0.481 e. The number of rotatable bonds is 6. The molecule has 0 radical (unpaired) electrons. The van der Waals surface area contributed by atoms with Crippen LogP contribution in [0.3, 0.4) is 0 Å². The van der Waals surface area contributed by atoms with E-state index in [1.807, 2.05) is 50.2 Å². The Morgan fingerprint density at radius 2 is 1.83 bits per heavy atom. The summed E-state index contributed by atoms with van der Waals surface area (Å²) in [6.07, 6.45) is 0.381. The molecule has 0 fully saturated rings. The number of amides is 1. The first kappa shape index (κ1) is 18.2. The van der Waals surface area contributed by atoms with Crippen molar-refractivity contribution in [2.24, 2.45) is 5.92 Å². The second kappa shape index (κ2) is 8.11. The predicted octanol–water partition coefficient (Wildman–Crippen LogP) is 3.74. The zero-order valence-electron chi connectivity index (χ0n) is 13.7. The van der Waals surface area contributed by atoms with Crippen LogP contribution in [0.15, 0.2) is 46.9 Å². The van der Waals surface area contributed by atoms with Crippen LogP contribution in [0, 0.1) is 19.8 Å². The Labute approximate surface area is 150 Å². The third-order valence-corrected chi connectivity index (χ3v) is 4.45. The first-order chi connectivity index (χ1) is 11.4. The van der Waals surface area contributed by atoms with Crippen LogP contribution in [-0.4, -0.2) is 23.5 Å². The third-order valence-electron chi connectivity index (χ3n) is 3.79. The molecular formula is C19H20BrNO3. The Kier molecular flexibility index (Phi) is 6.15. The van der Waals surface area contributed by atoms with Crippen molar-refractivity contribution < 1.29 is 14.7 Å². The van der Waals surface area contributed by atoms with E-state index in [0.29, 0.717) is 16.5 Å². The van der Waals surface area contributed by atoms with Crippen LogP contribution in [0.4, 0.5) is 0 Å². The lowest BCUT2D eigenvalue weighted by atomic mass is 9.98. The van der Waals surface area contributed by atoms with Gasteiger partial charge in [-0.1, -0.05) is 35.9 Å². The highest BCUT2D eigenvalue weighted by molar-refractivity contribution is 9.10. The van der Waals surface area contributed by atoms with Gasteiger partial charge in [-0.15, -0.1) is 0 Å². The molecule has 1 unspecified atom stereocenters. The molecule has 1 amide bonds. The summed E-state index contributed by atoms with van der Waals surface area (Å²) < 4.78 is 0.700. The zero-order valence-corrected chi connectivity index (χ0v) is 15.3. The number of benzene rings is 2. The summed E-state index contributed by atoms with van der Waals surface area (Å²) in [5.74, 6) is -1.86. The third kappa shape index (κ3) is 4.93. The van der Waals surface area contributed by atoms with Gasteiger partial charge in [-0.05, 0) is 59.5 Å². The fourth-order valence-electron chi connectivity index (χ4n) is 2.49. The van der Waals surface area contributed by atoms with E-state index < -0.39 is 11.9 Å². The van der Waals surface area contributed by atoms with Gasteiger partial charge in [-0.3, -0.25) is 9.59 Å². The maximum atomic E-state index is 12.3. The number of carboxylic acid groups (broad SMARTS) is 1. The second-order valence-corrected chi connectivity index (χ2v) is 6.78. The van der Waals surface area contributed by atoms with Crippen LogP contribution < -0.4 is 5.32 Å². The SMILES string of the molecule is Cc1cccc(CC(CNC(=O)c2ccc(C)cc2Br)C(=O)O)c1. The summed E-state index contributed by atoms with van der Waals surface area (Å²) in [6.45, 7) is 3.99. The van der Waals surface area contributed by atoms with Crippen LogP contribution in [0.25, 0.3) is 0 Å². The summed E-state index contributed by atoms with van der Waals surface area (Å²) in [6, 6.07) is 13.2. The summed E-state index contributed by atoms with van der Waals surface area (Å²) >= 11 is 3.37. The summed E-state index contributed by atoms with van der Waals surface area (Å²) in [4.78, 5) is 23.8. The van der Waals surface area contributed by atoms with Gasteiger partial charge in [0.1, 0.15) is 0 Å². The predicted molar refractivity (Wildman–Crippen MR) is 97.2 cm³/mol. The van der Waals surface area contributed by atoms with E-state index in [1.54, 1.807) is 6.07 Å². The normalized spacial score (nSPS) is 11.8. The summed E-state index contributed by atoms with van der Waals surface area (Å²) in [5.41, 5.74) is 3.58. The van der Waals surface area contributed by atoms with Crippen molar-refractivity contribution in [1.82, 2.24) is 5.32 Å². The lowest BCUT2D eigenvalue weighted by Gasteiger charge is -2.14. The van der Waals surface area contributed by atoms with Gasteiger partial charge in [-0.25, -0.2) is 0 Å². The molecule has 2 rings (SSSR count). The molecule has 0 aromatic heterocycles. The molecule has 0 spiro atoms. The van der Waals surface area contributed by atoms with Crippen molar-refractivity contribution in [3.8, 4) is 0 Å². The number of aliphatic carboxylic acids is 1. The van der Waals surface area contributed by atoms with Crippen molar-refractivity contribution >= 4 is 27.8 Å². The van der Waals surface area contributed by atoms with Crippen LogP contribution in [-0.2, 0) is 11.2 Å². The van der Waals surface area contributed by atoms with E-state index in [9.17, 15) is 14.7 Å². The molecule has 24 heavy (non-hydrogen) atoms. The molecule has 4 nitrogen and oxygen atoms in total. The minimum absolute atomic E-state index is 0.0857.